The van der Waals surface area contributed by atoms with Crippen molar-refractivity contribution < 1.29 is 4.39 Å². The average molecular weight is 251 g/mol. The van der Waals surface area contributed by atoms with Crippen molar-refractivity contribution >= 4 is 17.3 Å². The van der Waals surface area contributed by atoms with Gasteiger partial charge in [0.2, 0.25) is 0 Å². The zero-order valence-electron chi connectivity index (χ0n) is 9.16. The van der Waals surface area contributed by atoms with Crippen LogP contribution in [0.2, 0.25) is 5.02 Å². The van der Waals surface area contributed by atoms with Crippen LogP contribution >= 0.6 is 11.6 Å². The van der Waals surface area contributed by atoms with Crippen molar-refractivity contribution in [1.29, 1.82) is 0 Å². The predicted octanol–water partition coefficient (Wildman–Crippen LogP) is 3.24. The van der Waals surface area contributed by atoms with Crippen LogP contribution < -0.4 is 5.73 Å². The van der Waals surface area contributed by atoms with E-state index in [0.29, 0.717) is 29.1 Å². The van der Waals surface area contributed by atoms with Crippen LogP contribution in [0.3, 0.4) is 0 Å². The summed E-state index contributed by atoms with van der Waals surface area (Å²) in [6.45, 7) is 0. The lowest BCUT2D eigenvalue weighted by atomic mass is 10.0. The highest BCUT2D eigenvalue weighted by Gasteiger charge is 2.05. The van der Waals surface area contributed by atoms with E-state index in [-0.39, 0.29) is 5.82 Å². The standard InChI is InChI=1S/C13H12ClFN2/c14-11-3-4-12(15)9(7-11)1-2-10-8-17-6-5-13(10)16/h3-8H,1-2H2,(H2,16,17). The molecule has 0 fully saturated rings. The predicted molar refractivity (Wildman–Crippen MR) is 67.5 cm³/mol. The summed E-state index contributed by atoms with van der Waals surface area (Å²) in [6, 6.07) is 6.30. The number of aromatic nitrogens is 1. The van der Waals surface area contributed by atoms with Crippen LogP contribution in [0.15, 0.2) is 36.7 Å². The smallest absolute Gasteiger partial charge is 0.126 e. The molecule has 88 valence electrons. The molecule has 0 radical (unpaired) electrons. The van der Waals surface area contributed by atoms with E-state index in [4.69, 9.17) is 17.3 Å². The fraction of sp³-hybridized carbons (Fsp3) is 0.154. The highest BCUT2D eigenvalue weighted by atomic mass is 35.5. The largest absolute Gasteiger partial charge is 0.398 e. The van der Waals surface area contributed by atoms with E-state index in [0.717, 1.165) is 5.56 Å². The monoisotopic (exact) mass is 250 g/mol. The van der Waals surface area contributed by atoms with Gasteiger partial charge < -0.3 is 5.73 Å². The second-order valence-corrected chi connectivity index (χ2v) is 4.25. The molecule has 0 aliphatic rings. The van der Waals surface area contributed by atoms with Gasteiger partial charge in [0.25, 0.3) is 0 Å². The Hall–Kier alpha value is -1.61. The van der Waals surface area contributed by atoms with Gasteiger partial charge in [-0.05, 0) is 48.2 Å². The number of nitrogens with zero attached hydrogens (tertiary/aromatic N) is 1. The Bertz CT molecular complexity index is 529. The maximum absolute atomic E-state index is 13.5. The molecular formula is C13H12ClFN2. The van der Waals surface area contributed by atoms with Crippen molar-refractivity contribution in [3.8, 4) is 0 Å². The number of nitrogens with two attached hydrogens (primary N) is 1. The molecule has 0 amide bonds. The molecule has 0 spiro atoms. The molecule has 1 heterocycles. The summed E-state index contributed by atoms with van der Waals surface area (Å²) in [6.07, 6.45) is 4.55. The lowest BCUT2D eigenvalue weighted by Gasteiger charge is -2.06. The van der Waals surface area contributed by atoms with E-state index in [9.17, 15) is 4.39 Å². The highest BCUT2D eigenvalue weighted by Crippen LogP contribution is 2.18. The third-order valence-electron chi connectivity index (χ3n) is 2.61. The molecule has 4 heteroatoms. The minimum absolute atomic E-state index is 0.239. The van der Waals surface area contributed by atoms with Crippen molar-refractivity contribution in [3.05, 3.63) is 58.6 Å². The van der Waals surface area contributed by atoms with Gasteiger partial charge in [-0.3, -0.25) is 4.98 Å². The van der Waals surface area contributed by atoms with Gasteiger partial charge in [-0.1, -0.05) is 11.6 Å². The van der Waals surface area contributed by atoms with Crippen LogP contribution in [0.1, 0.15) is 11.1 Å². The average Bonchev–Trinajstić information content (AvgIpc) is 2.32. The molecule has 0 aliphatic carbocycles. The number of benzene rings is 1. The summed E-state index contributed by atoms with van der Waals surface area (Å²) in [4.78, 5) is 4.00. The van der Waals surface area contributed by atoms with Crippen LogP contribution in [0.5, 0.6) is 0 Å². The number of rotatable bonds is 3. The van der Waals surface area contributed by atoms with Crippen LogP contribution in [0.4, 0.5) is 10.1 Å². The summed E-state index contributed by atoms with van der Waals surface area (Å²) in [5.74, 6) is -0.239. The first-order valence-electron chi connectivity index (χ1n) is 5.29. The lowest BCUT2D eigenvalue weighted by molar-refractivity contribution is 0.608. The quantitative estimate of drug-likeness (QED) is 0.908. The lowest BCUT2D eigenvalue weighted by Crippen LogP contribution is -1.99. The van der Waals surface area contributed by atoms with Gasteiger partial charge in [-0.2, -0.15) is 0 Å². The van der Waals surface area contributed by atoms with Crippen LogP contribution in [0, 0.1) is 5.82 Å². The van der Waals surface area contributed by atoms with Gasteiger partial charge in [-0.15, -0.1) is 0 Å². The van der Waals surface area contributed by atoms with Gasteiger partial charge in [-0.25, -0.2) is 4.39 Å². The molecule has 0 bridgehead atoms. The normalized spacial score (nSPS) is 10.5. The van der Waals surface area contributed by atoms with Gasteiger partial charge in [0, 0.05) is 23.1 Å². The third kappa shape index (κ3) is 2.94. The molecule has 1 aromatic heterocycles. The minimum Gasteiger partial charge on any atom is -0.398 e. The number of anilines is 1. The van der Waals surface area contributed by atoms with E-state index >= 15 is 0 Å². The summed E-state index contributed by atoms with van der Waals surface area (Å²) >= 11 is 5.83. The molecule has 0 unspecified atom stereocenters. The molecule has 0 aliphatic heterocycles. The van der Waals surface area contributed by atoms with Gasteiger partial charge in [0.05, 0.1) is 0 Å². The van der Waals surface area contributed by atoms with E-state index in [1.165, 1.54) is 6.07 Å². The Balaban J connectivity index is 2.12. The van der Waals surface area contributed by atoms with Gasteiger partial charge >= 0.3 is 0 Å². The van der Waals surface area contributed by atoms with Gasteiger partial charge in [0.1, 0.15) is 5.82 Å². The third-order valence-corrected chi connectivity index (χ3v) is 2.85. The maximum atomic E-state index is 13.5. The molecule has 0 saturated heterocycles. The maximum Gasteiger partial charge on any atom is 0.126 e. The zero-order chi connectivity index (χ0) is 12.3. The van der Waals surface area contributed by atoms with Crippen LogP contribution in [0.25, 0.3) is 0 Å². The molecule has 0 saturated carbocycles. The summed E-state index contributed by atoms with van der Waals surface area (Å²) < 4.78 is 13.5. The number of halogens is 2. The highest BCUT2D eigenvalue weighted by molar-refractivity contribution is 6.30. The summed E-state index contributed by atoms with van der Waals surface area (Å²) in [7, 11) is 0. The van der Waals surface area contributed by atoms with Crippen molar-refractivity contribution in [2.24, 2.45) is 0 Å². The second-order valence-electron chi connectivity index (χ2n) is 3.81. The fourth-order valence-corrected chi connectivity index (χ4v) is 1.85. The first-order valence-corrected chi connectivity index (χ1v) is 5.67. The minimum atomic E-state index is -0.239. The SMILES string of the molecule is Nc1ccncc1CCc1cc(Cl)ccc1F. The topological polar surface area (TPSA) is 38.9 Å². The number of hydrogen-bond acceptors (Lipinski definition) is 2. The molecular weight excluding hydrogens is 239 g/mol. The first-order chi connectivity index (χ1) is 8.16. The van der Waals surface area contributed by atoms with Crippen molar-refractivity contribution in [3.63, 3.8) is 0 Å². The van der Waals surface area contributed by atoms with E-state index in [1.807, 2.05) is 0 Å². The Labute approximate surface area is 104 Å². The zero-order valence-corrected chi connectivity index (χ0v) is 9.91. The Morgan fingerprint density at radius 1 is 1.18 bits per heavy atom. The summed E-state index contributed by atoms with van der Waals surface area (Å²) in [5, 5.41) is 0.542. The Morgan fingerprint density at radius 3 is 2.71 bits per heavy atom. The molecule has 2 aromatic rings. The number of hydrogen-bond donors (Lipinski definition) is 1. The van der Waals surface area contributed by atoms with Crippen LogP contribution in [-0.2, 0) is 12.8 Å². The Morgan fingerprint density at radius 2 is 1.94 bits per heavy atom. The molecule has 2 N–H and O–H groups in total. The van der Waals surface area contributed by atoms with E-state index < -0.39 is 0 Å². The molecule has 17 heavy (non-hydrogen) atoms. The van der Waals surface area contributed by atoms with Crippen molar-refractivity contribution in [1.82, 2.24) is 4.98 Å². The summed E-state index contributed by atoms with van der Waals surface area (Å²) in [5.41, 5.74) is 8.00. The molecule has 2 nitrogen and oxygen atoms in total. The fourth-order valence-electron chi connectivity index (χ4n) is 1.65. The molecule has 1 aromatic carbocycles. The van der Waals surface area contributed by atoms with Gasteiger partial charge in [0.15, 0.2) is 0 Å². The number of nitrogen functional groups attached to an aromatic ring is 1. The van der Waals surface area contributed by atoms with Crippen LogP contribution in [-0.4, -0.2) is 4.98 Å². The van der Waals surface area contributed by atoms with E-state index in [2.05, 4.69) is 4.98 Å². The Kier molecular flexibility index (Phi) is 3.59. The number of aryl methyl sites for hydroxylation is 2. The number of pyridine rings is 1. The molecule has 0 atom stereocenters. The second kappa shape index (κ2) is 5.15. The van der Waals surface area contributed by atoms with Crippen molar-refractivity contribution in [2.45, 2.75) is 12.8 Å². The van der Waals surface area contributed by atoms with E-state index in [1.54, 1.807) is 30.6 Å². The van der Waals surface area contributed by atoms with Crippen molar-refractivity contribution in [2.75, 3.05) is 5.73 Å². The molecule has 2 rings (SSSR count). The first kappa shape index (κ1) is 11.9.